The van der Waals surface area contributed by atoms with Crippen molar-refractivity contribution in [2.24, 2.45) is 0 Å². The summed E-state index contributed by atoms with van der Waals surface area (Å²) in [6.07, 6.45) is 0. The van der Waals surface area contributed by atoms with Gasteiger partial charge in [0.25, 0.3) is 5.89 Å². The third kappa shape index (κ3) is 3.80. The first kappa shape index (κ1) is 17.2. The maximum atomic E-state index is 12.1. The highest BCUT2D eigenvalue weighted by molar-refractivity contribution is 7.13. The summed E-state index contributed by atoms with van der Waals surface area (Å²) in [5.41, 5.74) is 2.72. The molecular formula is C19H22N4O2S. The molecule has 0 amide bonds. The van der Waals surface area contributed by atoms with E-state index in [-0.39, 0.29) is 0 Å². The molecule has 0 bridgehead atoms. The van der Waals surface area contributed by atoms with Gasteiger partial charge in [-0.25, -0.2) is 4.79 Å². The molecule has 1 fully saturated rings. The Morgan fingerprint density at radius 3 is 2.58 bits per heavy atom. The van der Waals surface area contributed by atoms with Gasteiger partial charge < -0.3 is 4.42 Å². The third-order valence-electron chi connectivity index (χ3n) is 4.79. The van der Waals surface area contributed by atoms with Gasteiger partial charge in [-0.05, 0) is 29.5 Å². The van der Waals surface area contributed by atoms with E-state index in [0.29, 0.717) is 12.6 Å². The topological polar surface area (TPSA) is 54.5 Å². The van der Waals surface area contributed by atoms with E-state index in [1.807, 2.05) is 17.5 Å². The van der Waals surface area contributed by atoms with Crippen LogP contribution in [0.25, 0.3) is 10.8 Å². The highest BCUT2D eigenvalue weighted by Gasteiger charge is 2.20. The number of aryl methyl sites for hydroxylation is 1. The Kier molecular flexibility index (Phi) is 5.01. The van der Waals surface area contributed by atoms with Gasteiger partial charge in [-0.2, -0.15) is 4.68 Å². The van der Waals surface area contributed by atoms with Crippen molar-refractivity contribution in [2.75, 3.05) is 26.2 Å². The molecule has 136 valence electrons. The lowest BCUT2D eigenvalue weighted by molar-refractivity contribution is 0.0963. The van der Waals surface area contributed by atoms with Crippen LogP contribution < -0.4 is 5.76 Å². The van der Waals surface area contributed by atoms with E-state index in [9.17, 15) is 4.79 Å². The quantitative estimate of drug-likeness (QED) is 0.691. The largest absolute Gasteiger partial charge is 0.438 e. The lowest BCUT2D eigenvalue weighted by atomic mass is 10.1. The molecule has 0 saturated carbocycles. The monoisotopic (exact) mass is 370 g/mol. The van der Waals surface area contributed by atoms with E-state index in [0.717, 1.165) is 37.6 Å². The van der Waals surface area contributed by atoms with Crippen LogP contribution in [0.2, 0.25) is 0 Å². The molecule has 26 heavy (non-hydrogen) atoms. The van der Waals surface area contributed by atoms with Gasteiger partial charge in [0.2, 0.25) is 0 Å². The summed E-state index contributed by atoms with van der Waals surface area (Å²) in [5.74, 6) is 0.0129. The Morgan fingerprint density at radius 2 is 1.85 bits per heavy atom. The van der Waals surface area contributed by atoms with Gasteiger partial charge in [0, 0.05) is 32.7 Å². The van der Waals surface area contributed by atoms with Crippen molar-refractivity contribution < 1.29 is 4.42 Å². The number of hydrogen-bond acceptors (Lipinski definition) is 6. The Morgan fingerprint density at radius 1 is 1.08 bits per heavy atom. The first-order valence-corrected chi connectivity index (χ1v) is 9.68. The summed E-state index contributed by atoms with van der Waals surface area (Å²) in [4.78, 5) is 17.6. The van der Waals surface area contributed by atoms with E-state index < -0.39 is 5.76 Å². The molecule has 1 aliphatic heterocycles. The molecule has 0 unspecified atom stereocenters. The zero-order chi connectivity index (χ0) is 17.9. The molecule has 1 aromatic carbocycles. The van der Waals surface area contributed by atoms with Gasteiger partial charge >= 0.3 is 5.76 Å². The van der Waals surface area contributed by atoms with E-state index in [2.05, 4.69) is 46.1 Å². The van der Waals surface area contributed by atoms with E-state index in [4.69, 9.17) is 4.42 Å². The summed E-state index contributed by atoms with van der Waals surface area (Å²) >= 11 is 1.52. The highest BCUT2D eigenvalue weighted by atomic mass is 32.1. The average Bonchev–Trinajstić information content (AvgIpc) is 3.29. The number of nitrogens with zero attached hydrogens (tertiary/aromatic N) is 4. The maximum Gasteiger partial charge on any atom is 0.438 e. The second kappa shape index (κ2) is 7.57. The standard InChI is InChI=1S/C19H22N4O2S/c1-15-5-2-3-6-16(15)13-21-8-10-22(11-9-21)14-23-19(24)25-18(20-23)17-7-4-12-26-17/h2-7,12H,8-11,13-14H2,1H3. The number of benzene rings is 1. The number of aromatic nitrogens is 2. The molecule has 2 aromatic heterocycles. The zero-order valence-electron chi connectivity index (χ0n) is 14.8. The molecule has 7 heteroatoms. The van der Waals surface area contributed by atoms with E-state index in [1.54, 1.807) is 0 Å². The molecule has 0 spiro atoms. The maximum absolute atomic E-state index is 12.1. The van der Waals surface area contributed by atoms with Crippen molar-refractivity contribution >= 4 is 11.3 Å². The summed E-state index contributed by atoms with van der Waals surface area (Å²) in [7, 11) is 0. The van der Waals surface area contributed by atoms with Gasteiger partial charge in [-0.1, -0.05) is 30.3 Å². The van der Waals surface area contributed by atoms with Crippen LogP contribution in [0, 0.1) is 6.92 Å². The lowest BCUT2D eigenvalue weighted by Gasteiger charge is -2.34. The Labute approximate surface area is 156 Å². The van der Waals surface area contributed by atoms with Crippen LogP contribution in [-0.4, -0.2) is 45.8 Å². The van der Waals surface area contributed by atoms with Gasteiger partial charge in [-0.3, -0.25) is 9.80 Å². The van der Waals surface area contributed by atoms with Gasteiger partial charge in [0.05, 0.1) is 4.88 Å². The van der Waals surface area contributed by atoms with Crippen LogP contribution in [0.5, 0.6) is 0 Å². The SMILES string of the molecule is Cc1ccccc1CN1CCN(Cn2nc(-c3cccs3)oc2=O)CC1. The minimum atomic E-state index is -0.393. The minimum Gasteiger partial charge on any atom is -0.387 e. The van der Waals surface area contributed by atoms with Crippen LogP contribution in [0.3, 0.4) is 0 Å². The number of thiophene rings is 1. The molecule has 4 rings (SSSR count). The Balaban J connectivity index is 1.34. The fraction of sp³-hybridized carbons (Fsp3) is 0.368. The van der Waals surface area contributed by atoms with Crippen LogP contribution in [0.4, 0.5) is 0 Å². The van der Waals surface area contributed by atoms with Crippen molar-refractivity contribution in [2.45, 2.75) is 20.1 Å². The van der Waals surface area contributed by atoms with Crippen molar-refractivity contribution in [3.05, 3.63) is 63.5 Å². The van der Waals surface area contributed by atoms with Gasteiger partial charge in [0.15, 0.2) is 0 Å². The van der Waals surface area contributed by atoms with Crippen molar-refractivity contribution in [1.29, 1.82) is 0 Å². The molecular weight excluding hydrogens is 348 g/mol. The zero-order valence-corrected chi connectivity index (χ0v) is 15.6. The third-order valence-corrected chi connectivity index (χ3v) is 5.65. The Hall–Kier alpha value is -2.22. The second-order valence-corrected chi connectivity index (χ2v) is 7.56. The lowest BCUT2D eigenvalue weighted by Crippen LogP contribution is -2.47. The minimum absolute atomic E-state index is 0.393. The average molecular weight is 370 g/mol. The van der Waals surface area contributed by atoms with Crippen molar-refractivity contribution in [1.82, 2.24) is 19.6 Å². The number of rotatable bonds is 5. The molecule has 3 heterocycles. The normalized spacial score (nSPS) is 16.2. The summed E-state index contributed by atoms with van der Waals surface area (Å²) in [6.45, 7) is 7.42. The smallest absolute Gasteiger partial charge is 0.387 e. The number of piperazine rings is 1. The fourth-order valence-electron chi connectivity index (χ4n) is 3.20. The molecule has 6 nitrogen and oxygen atoms in total. The van der Waals surface area contributed by atoms with E-state index >= 15 is 0 Å². The number of hydrogen-bond donors (Lipinski definition) is 0. The van der Waals surface area contributed by atoms with E-state index in [1.165, 1.54) is 27.1 Å². The van der Waals surface area contributed by atoms with Crippen LogP contribution >= 0.6 is 11.3 Å². The van der Waals surface area contributed by atoms with Crippen LogP contribution in [0.15, 0.2) is 51.0 Å². The molecule has 1 saturated heterocycles. The highest BCUT2D eigenvalue weighted by Crippen LogP contribution is 2.21. The first-order valence-electron chi connectivity index (χ1n) is 8.80. The second-order valence-electron chi connectivity index (χ2n) is 6.61. The first-order chi connectivity index (χ1) is 12.7. The predicted molar refractivity (Wildman–Crippen MR) is 102 cm³/mol. The Bertz CT molecular complexity index is 908. The van der Waals surface area contributed by atoms with Crippen LogP contribution in [0.1, 0.15) is 11.1 Å². The van der Waals surface area contributed by atoms with Gasteiger partial charge in [-0.15, -0.1) is 16.4 Å². The molecule has 0 atom stereocenters. The molecule has 0 radical (unpaired) electrons. The molecule has 0 N–H and O–H groups in total. The summed E-state index contributed by atoms with van der Waals surface area (Å²) in [6, 6.07) is 12.4. The van der Waals surface area contributed by atoms with Gasteiger partial charge in [0.1, 0.15) is 6.67 Å². The summed E-state index contributed by atoms with van der Waals surface area (Å²) in [5, 5.41) is 6.28. The molecule has 3 aromatic rings. The molecule has 0 aliphatic carbocycles. The van der Waals surface area contributed by atoms with Crippen LogP contribution in [-0.2, 0) is 13.2 Å². The predicted octanol–water partition coefficient (Wildman–Crippen LogP) is 2.65. The molecule has 1 aliphatic rings. The van der Waals surface area contributed by atoms with Crippen molar-refractivity contribution in [3.8, 4) is 10.8 Å². The van der Waals surface area contributed by atoms with Crippen molar-refractivity contribution in [3.63, 3.8) is 0 Å². The summed E-state index contributed by atoms with van der Waals surface area (Å²) < 4.78 is 6.71. The fourth-order valence-corrected chi connectivity index (χ4v) is 3.85.